The number of cyclic esters (lactones) is 1. The van der Waals surface area contributed by atoms with E-state index < -0.39 is 18.8 Å². The molecule has 2 saturated carbocycles. The minimum Gasteiger partial charge on any atom is -0.441 e. The predicted molar refractivity (Wildman–Crippen MR) is 143 cm³/mol. The second-order valence-corrected chi connectivity index (χ2v) is 11.7. The summed E-state index contributed by atoms with van der Waals surface area (Å²) in [6, 6.07) is 6.75. The Morgan fingerprint density at radius 3 is 2.37 bits per heavy atom. The predicted octanol–water partition coefficient (Wildman–Crippen LogP) is 4.64. The molecule has 7 nitrogen and oxygen atoms in total. The van der Waals surface area contributed by atoms with Gasteiger partial charge >= 0.3 is 6.09 Å². The normalized spacial score (nSPS) is 29.2. The fourth-order valence-electron chi connectivity index (χ4n) is 7.26. The van der Waals surface area contributed by atoms with Gasteiger partial charge in [-0.2, -0.15) is 4.99 Å². The van der Waals surface area contributed by atoms with Crippen LogP contribution < -0.4 is 5.73 Å². The van der Waals surface area contributed by atoms with Crippen molar-refractivity contribution in [3.05, 3.63) is 35.4 Å². The Hall–Kier alpha value is -2.61. The van der Waals surface area contributed by atoms with Crippen LogP contribution in [-0.4, -0.2) is 60.3 Å². The number of ketones is 1. The number of alkyl halides is 1. The van der Waals surface area contributed by atoms with Crippen molar-refractivity contribution in [3.8, 4) is 0 Å². The molecular formula is C30H40FN3O4. The smallest absolute Gasteiger partial charge is 0.434 e. The quantitative estimate of drug-likeness (QED) is 0.533. The highest BCUT2D eigenvalue weighted by Gasteiger charge is 2.46. The second-order valence-electron chi connectivity index (χ2n) is 11.7. The van der Waals surface area contributed by atoms with Gasteiger partial charge in [-0.15, -0.1) is 0 Å². The number of Topliss-reactive ketones (excluding diaryl/α,β-unsaturated/α-hetero) is 1. The Morgan fingerprint density at radius 1 is 1.03 bits per heavy atom. The van der Waals surface area contributed by atoms with Crippen molar-refractivity contribution < 1.29 is 23.5 Å². The van der Waals surface area contributed by atoms with E-state index in [1.165, 1.54) is 19.3 Å². The standard InChI is InChI=1S/C30H40FN3O4/c31-17-25(32)21-10-12-23(13-11-21)29(36)34-15-14-24(20-4-2-1-3-5-20)28(34)27(35)16-19-6-8-22(9-7-19)26-18-38-30(37)33-26/h6-9,20-21,23-25,28H,1-5,10-18,32H2/t21?,23?,24-,25+,28-/m0/s1. The van der Waals surface area contributed by atoms with E-state index in [0.29, 0.717) is 18.2 Å². The summed E-state index contributed by atoms with van der Waals surface area (Å²) in [7, 11) is 0. The molecule has 2 aliphatic heterocycles. The second kappa shape index (κ2) is 12.1. The Labute approximate surface area is 224 Å². The van der Waals surface area contributed by atoms with Gasteiger partial charge in [0, 0.05) is 24.9 Å². The minimum atomic E-state index is -0.572. The minimum absolute atomic E-state index is 0.102. The first-order valence-electron chi connectivity index (χ1n) is 14.4. The van der Waals surface area contributed by atoms with Gasteiger partial charge in [-0.1, -0.05) is 56.4 Å². The van der Waals surface area contributed by atoms with Crippen molar-refractivity contribution in [2.24, 2.45) is 34.4 Å². The third-order valence-corrected chi connectivity index (χ3v) is 9.44. The molecule has 3 atom stereocenters. The number of amides is 2. The number of ether oxygens (including phenoxy) is 1. The fraction of sp³-hybridized carbons (Fsp3) is 0.667. The Balaban J connectivity index is 1.29. The molecule has 206 valence electrons. The Bertz CT molecular complexity index is 1040. The zero-order valence-electron chi connectivity index (χ0n) is 22.2. The van der Waals surface area contributed by atoms with Gasteiger partial charge < -0.3 is 15.4 Å². The molecule has 2 amide bonds. The van der Waals surface area contributed by atoms with E-state index in [9.17, 15) is 18.8 Å². The van der Waals surface area contributed by atoms with Crippen LogP contribution in [-0.2, 0) is 20.7 Å². The summed E-state index contributed by atoms with van der Waals surface area (Å²) >= 11 is 0. The summed E-state index contributed by atoms with van der Waals surface area (Å²) in [6.45, 7) is 0.296. The van der Waals surface area contributed by atoms with Crippen LogP contribution >= 0.6 is 0 Å². The lowest BCUT2D eigenvalue weighted by molar-refractivity contribution is -0.143. The molecule has 1 saturated heterocycles. The Morgan fingerprint density at radius 2 is 1.74 bits per heavy atom. The molecule has 4 aliphatic rings. The van der Waals surface area contributed by atoms with Crippen molar-refractivity contribution >= 4 is 23.5 Å². The molecule has 2 aliphatic carbocycles. The van der Waals surface area contributed by atoms with E-state index in [0.717, 1.165) is 56.1 Å². The summed E-state index contributed by atoms with van der Waals surface area (Å²) in [5.41, 5.74) is 8.24. The van der Waals surface area contributed by atoms with Gasteiger partial charge in [-0.05, 0) is 61.0 Å². The number of hydrogen-bond donors (Lipinski definition) is 1. The first-order valence-corrected chi connectivity index (χ1v) is 14.4. The first-order chi connectivity index (χ1) is 18.4. The number of benzene rings is 1. The third-order valence-electron chi connectivity index (χ3n) is 9.44. The third kappa shape index (κ3) is 5.85. The van der Waals surface area contributed by atoms with E-state index in [-0.39, 0.29) is 48.5 Å². The maximum absolute atomic E-state index is 13.9. The van der Waals surface area contributed by atoms with Gasteiger partial charge in [0.1, 0.15) is 13.3 Å². The van der Waals surface area contributed by atoms with Gasteiger partial charge in [-0.25, -0.2) is 9.18 Å². The SMILES string of the molecule is N[C@H](CF)C1CCC(C(=O)N2CC[C@@H](C3CCCCC3)[C@H]2C(=O)Cc2ccc(C3=NC(=O)OC3)cc2)CC1. The largest absolute Gasteiger partial charge is 0.441 e. The Kier molecular flexibility index (Phi) is 8.56. The number of hydrogen-bond acceptors (Lipinski definition) is 5. The molecule has 0 radical (unpaired) electrons. The summed E-state index contributed by atoms with van der Waals surface area (Å²) < 4.78 is 18.0. The van der Waals surface area contributed by atoms with E-state index in [1.54, 1.807) is 0 Å². The highest BCUT2D eigenvalue weighted by molar-refractivity contribution is 6.09. The van der Waals surface area contributed by atoms with Crippen molar-refractivity contribution in [3.63, 3.8) is 0 Å². The molecule has 0 bridgehead atoms. The molecule has 1 aromatic rings. The number of halogens is 1. The summed E-state index contributed by atoms with van der Waals surface area (Å²) in [5.74, 6) is 0.970. The summed E-state index contributed by atoms with van der Waals surface area (Å²) in [4.78, 5) is 44.8. The lowest BCUT2D eigenvalue weighted by atomic mass is 9.75. The average molecular weight is 526 g/mol. The highest BCUT2D eigenvalue weighted by Crippen LogP contribution is 2.41. The maximum atomic E-state index is 13.9. The highest BCUT2D eigenvalue weighted by atomic mass is 19.1. The zero-order valence-corrected chi connectivity index (χ0v) is 22.2. The average Bonchev–Trinajstić information content (AvgIpc) is 3.60. The van der Waals surface area contributed by atoms with E-state index >= 15 is 0 Å². The van der Waals surface area contributed by atoms with Gasteiger partial charge in [0.15, 0.2) is 5.78 Å². The van der Waals surface area contributed by atoms with Crippen LogP contribution in [0.4, 0.5) is 9.18 Å². The van der Waals surface area contributed by atoms with Crippen molar-refractivity contribution in [2.45, 2.75) is 82.7 Å². The van der Waals surface area contributed by atoms with Crippen molar-refractivity contribution in [2.75, 3.05) is 19.8 Å². The van der Waals surface area contributed by atoms with Gasteiger partial charge in [0.2, 0.25) is 5.91 Å². The molecule has 8 heteroatoms. The zero-order chi connectivity index (χ0) is 26.6. The molecular weight excluding hydrogens is 485 g/mol. The maximum Gasteiger partial charge on any atom is 0.434 e. The molecule has 0 unspecified atom stereocenters. The van der Waals surface area contributed by atoms with E-state index in [2.05, 4.69) is 4.99 Å². The van der Waals surface area contributed by atoms with Crippen LogP contribution in [0.2, 0.25) is 0 Å². The van der Waals surface area contributed by atoms with E-state index in [1.807, 2.05) is 29.2 Å². The number of nitrogens with zero attached hydrogens (tertiary/aromatic N) is 2. The van der Waals surface area contributed by atoms with Crippen LogP contribution in [0.3, 0.4) is 0 Å². The first kappa shape index (κ1) is 27.0. The van der Waals surface area contributed by atoms with Crippen LogP contribution in [0.25, 0.3) is 0 Å². The number of likely N-dealkylation sites (tertiary alicyclic amines) is 1. The lowest BCUT2D eigenvalue weighted by Gasteiger charge is -2.37. The number of carbonyl (C=O) groups is 3. The molecule has 38 heavy (non-hydrogen) atoms. The fourth-order valence-corrected chi connectivity index (χ4v) is 7.26. The molecule has 0 spiro atoms. The lowest BCUT2D eigenvalue weighted by Crippen LogP contribution is -2.48. The molecule has 5 rings (SSSR count). The van der Waals surface area contributed by atoms with E-state index in [4.69, 9.17) is 10.5 Å². The number of carbonyl (C=O) groups excluding carboxylic acids is 3. The van der Waals surface area contributed by atoms with Crippen LogP contribution in [0.5, 0.6) is 0 Å². The topological polar surface area (TPSA) is 102 Å². The number of nitrogens with two attached hydrogens (primary N) is 1. The summed E-state index contributed by atoms with van der Waals surface area (Å²) in [5, 5.41) is 0. The van der Waals surface area contributed by atoms with Crippen molar-refractivity contribution in [1.29, 1.82) is 0 Å². The number of rotatable bonds is 8. The molecule has 1 aromatic carbocycles. The van der Waals surface area contributed by atoms with Gasteiger partial charge in [-0.3, -0.25) is 9.59 Å². The number of aliphatic imine (C=N–C) groups is 1. The summed E-state index contributed by atoms with van der Waals surface area (Å²) in [6.07, 6.45) is 9.52. The van der Waals surface area contributed by atoms with Crippen LogP contribution in [0, 0.1) is 23.7 Å². The molecule has 2 N–H and O–H groups in total. The van der Waals surface area contributed by atoms with Gasteiger partial charge in [0.05, 0.1) is 11.8 Å². The molecule has 2 heterocycles. The molecule has 3 fully saturated rings. The van der Waals surface area contributed by atoms with Crippen LogP contribution in [0.15, 0.2) is 29.3 Å². The monoisotopic (exact) mass is 525 g/mol. The van der Waals surface area contributed by atoms with Crippen molar-refractivity contribution in [1.82, 2.24) is 4.90 Å². The van der Waals surface area contributed by atoms with Crippen LogP contribution in [0.1, 0.15) is 75.3 Å². The molecule has 0 aromatic heterocycles. The van der Waals surface area contributed by atoms with Gasteiger partial charge in [0.25, 0.3) is 0 Å².